The SMILES string of the molecule is CCc1cc(NC(=O)C(O)c2cc(F)cc(F)c2)ccc1-c1cnc(N)c(C=O)c1.CNC1CC1. The Morgan fingerprint density at radius 1 is 1.20 bits per heavy atom. The van der Waals surface area contributed by atoms with Crippen LogP contribution in [0.2, 0.25) is 0 Å². The predicted octanol–water partition coefficient (Wildman–Crippen LogP) is 4.02. The molecule has 1 saturated carbocycles. The van der Waals surface area contributed by atoms with E-state index < -0.39 is 23.6 Å². The summed E-state index contributed by atoms with van der Waals surface area (Å²) in [5, 5.41) is 15.8. The number of aliphatic hydroxyl groups excluding tert-OH is 1. The van der Waals surface area contributed by atoms with E-state index in [-0.39, 0.29) is 16.9 Å². The summed E-state index contributed by atoms with van der Waals surface area (Å²) in [6, 6.07) is 10.0. The fourth-order valence-corrected chi connectivity index (χ4v) is 3.45. The van der Waals surface area contributed by atoms with Crippen molar-refractivity contribution in [1.82, 2.24) is 10.3 Å². The third-order valence-corrected chi connectivity index (χ3v) is 5.58. The summed E-state index contributed by atoms with van der Waals surface area (Å²) in [6.45, 7) is 1.92. The molecular weight excluding hydrogens is 454 g/mol. The van der Waals surface area contributed by atoms with E-state index in [4.69, 9.17) is 5.73 Å². The monoisotopic (exact) mass is 482 g/mol. The van der Waals surface area contributed by atoms with Crippen LogP contribution in [-0.4, -0.2) is 35.4 Å². The molecular formula is C26H28F2N4O3. The molecule has 2 aromatic carbocycles. The largest absolute Gasteiger partial charge is 0.383 e. The predicted molar refractivity (Wildman–Crippen MR) is 131 cm³/mol. The van der Waals surface area contributed by atoms with Gasteiger partial charge in [-0.1, -0.05) is 13.0 Å². The Bertz CT molecular complexity index is 1190. The molecule has 9 heteroatoms. The number of nitrogens with zero attached hydrogens (tertiary/aromatic N) is 1. The minimum atomic E-state index is -1.74. The van der Waals surface area contributed by atoms with Gasteiger partial charge < -0.3 is 21.5 Å². The van der Waals surface area contributed by atoms with Crippen molar-refractivity contribution in [3.8, 4) is 11.1 Å². The molecule has 1 atom stereocenters. The molecule has 1 amide bonds. The zero-order chi connectivity index (χ0) is 25.5. The number of nitrogens with two attached hydrogens (primary N) is 1. The summed E-state index contributed by atoms with van der Waals surface area (Å²) in [5.41, 5.74) is 8.49. The number of nitrogens with one attached hydrogen (secondary N) is 2. The van der Waals surface area contributed by atoms with Crippen molar-refractivity contribution in [3.63, 3.8) is 0 Å². The van der Waals surface area contributed by atoms with Gasteiger partial charge in [-0.3, -0.25) is 9.59 Å². The number of aldehydes is 1. The Balaban J connectivity index is 0.000000607. The van der Waals surface area contributed by atoms with Gasteiger partial charge in [0.25, 0.3) is 5.91 Å². The number of rotatable bonds is 7. The van der Waals surface area contributed by atoms with Gasteiger partial charge in [0.1, 0.15) is 17.5 Å². The maximum atomic E-state index is 13.3. The number of hydrogen-bond donors (Lipinski definition) is 4. The lowest BCUT2D eigenvalue weighted by Gasteiger charge is -2.15. The number of anilines is 2. The molecule has 4 rings (SSSR count). The zero-order valence-electron chi connectivity index (χ0n) is 19.5. The van der Waals surface area contributed by atoms with E-state index in [1.807, 2.05) is 14.0 Å². The highest BCUT2D eigenvalue weighted by Crippen LogP contribution is 2.29. The highest BCUT2D eigenvalue weighted by molar-refractivity contribution is 5.95. The summed E-state index contributed by atoms with van der Waals surface area (Å²) < 4.78 is 26.7. The highest BCUT2D eigenvalue weighted by atomic mass is 19.1. The molecule has 0 saturated heterocycles. The maximum Gasteiger partial charge on any atom is 0.257 e. The summed E-state index contributed by atoms with van der Waals surface area (Å²) in [6.07, 6.45) is 3.85. The molecule has 5 N–H and O–H groups in total. The summed E-state index contributed by atoms with van der Waals surface area (Å²) >= 11 is 0. The van der Waals surface area contributed by atoms with Crippen molar-refractivity contribution in [2.75, 3.05) is 18.1 Å². The second kappa shape index (κ2) is 11.6. The van der Waals surface area contributed by atoms with Gasteiger partial charge in [0, 0.05) is 29.6 Å². The van der Waals surface area contributed by atoms with Gasteiger partial charge in [-0.05, 0) is 73.3 Å². The van der Waals surface area contributed by atoms with E-state index in [0.29, 0.717) is 30.0 Å². The van der Waals surface area contributed by atoms with Crippen LogP contribution in [0.15, 0.2) is 48.7 Å². The van der Waals surface area contributed by atoms with Crippen LogP contribution >= 0.6 is 0 Å². The number of aromatic nitrogens is 1. The lowest BCUT2D eigenvalue weighted by Crippen LogP contribution is -2.21. The fourth-order valence-electron chi connectivity index (χ4n) is 3.45. The van der Waals surface area contributed by atoms with E-state index in [1.54, 1.807) is 30.5 Å². The van der Waals surface area contributed by atoms with Crippen molar-refractivity contribution >= 4 is 23.7 Å². The van der Waals surface area contributed by atoms with Crippen LogP contribution in [0.1, 0.15) is 47.4 Å². The van der Waals surface area contributed by atoms with Gasteiger partial charge in [0.2, 0.25) is 0 Å². The van der Waals surface area contributed by atoms with Crippen LogP contribution < -0.4 is 16.4 Å². The van der Waals surface area contributed by atoms with Crippen molar-refractivity contribution < 1.29 is 23.5 Å². The molecule has 1 fully saturated rings. The van der Waals surface area contributed by atoms with Gasteiger partial charge in [0.05, 0.1) is 5.56 Å². The summed E-state index contributed by atoms with van der Waals surface area (Å²) in [5.74, 6) is -2.46. The second-order valence-electron chi connectivity index (χ2n) is 8.20. The molecule has 184 valence electrons. The molecule has 1 unspecified atom stereocenters. The highest BCUT2D eigenvalue weighted by Gasteiger charge is 2.20. The Kier molecular flexibility index (Phi) is 8.62. The average molecular weight is 483 g/mol. The number of hydrogen-bond acceptors (Lipinski definition) is 6. The van der Waals surface area contributed by atoms with Crippen LogP contribution in [0.25, 0.3) is 11.1 Å². The van der Waals surface area contributed by atoms with E-state index in [0.717, 1.165) is 29.3 Å². The summed E-state index contributed by atoms with van der Waals surface area (Å²) in [7, 11) is 2.01. The molecule has 35 heavy (non-hydrogen) atoms. The first-order valence-electron chi connectivity index (χ1n) is 11.2. The number of aryl methyl sites for hydroxylation is 1. The Labute approximate surface area is 202 Å². The molecule has 0 spiro atoms. The van der Waals surface area contributed by atoms with Gasteiger partial charge in [-0.15, -0.1) is 0 Å². The first-order valence-corrected chi connectivity index (χ1v) is 11.2. The zero-order valence-corrected chi connectivity index (χ0v) is 19.5. The first kappa shape index (κ1) is 25.9. The Hall–Kier alpha value is -3.69. The molecule has 0 aliphatic heterocycles. The van der Waals surface area contributed by atoms with Crippen LogP contribution in [-0.2, 0) is 11.2 Å². The Morgan fingerprint density at radius 3 is 2.43 bits per heavy atom. The molecule has 1 heterocycles. The number of nitrogen functional groups attached to an aromatic ring is 1. The van der Waals surface area contributed by atoms with Gasteiger partial charge >= 0.3 is 0 Å². The van der Waals surface area contributed by atoms with Crippen molar-refractivity contribution in [2.24, 2.45) is 0 Å². The molecule has 7 nitrogen and oxygen atoms in total. The van der Waals surface area contributed by atoms with Gasteiger partial charge in [-0.2, -0.15) is 0 Å². The maximum absolute atomic E-state index is 13.3. The lowest BCUT2D eigenvalue weighted by molar-refractivity contribution is -0.124. The molecule has 3 aromatic rings. The number of aliphatic hydroxyl groups is 1. The molecule has 0 radical (unpaired) electrons. The van der Waals surface area contributed by atoms with Crippen LogP contribution in [0.4, 0.5) is 20.3 Å². The molecule has 0 bridgehead atoms. The number of benzene rings is 2. The van der Waals surface area contributed by atoms with Crippen molar-refractivity contribution in [2.45, 2.75) is 38.3 Å². The van der Waals surface area contributed by atoms with Crippen molar-refractivity contribution in [1.29, 1.82) is 0 Å². The van der Waals surface area contributed by atoms with Gasteiger partial charge in [0.15, 0.2) is 12.4 Å². The number of pyridine rings is 1. The van der Waals surface area contributed by atoms with E-state index in [9.17, 15) is 23.5 Å². The minimum Gasteiger partial charge on any atom is -0.383 e. The molecule has 1 aliphatic rings. The number of amides is 1. The number of carbonyl (C=O) groups is 2. The number of halogens is 2. The van der Waals surface area contributed by atoms with Gasteiger partial charge in [-0.25, -0.2) is 13.8 Å². The fraction of sp³-hybridized carbons (Fsp3) is 0.269. The first-order chi connectivity index (χ1) is 16.7. The van der Waals surface area contributed by atoms with E-state index in [2.05, 4.69) is 15.6 Å². The van der Waals surface area contributed by atoms with Crippen LogP contribution in [0, 0.1) is 11.6 Å². The van der Waals surface area contributed by atoms with E-state index >= 15 is 0 Å². The number of carbonyl (C=O) groups excluding carboxylic acids is 2. The third kappa shape index (κ3) is 6.91. The lowest BCUT2D eigenvalue weighted by atomic mass is 9.97. The van der Waals surface area contributed by atoms with Crippen LogP contribution in [0.3, 0.4) is 0 Å². The molecule has 1 aromatic heterocycles. The second-order valence-corrected chi connectivity index (χ2v) is 8.20. The minimum absolute atomic E-state index is 0.137. The third-order valence-electron chi connectivity index (χ3n) is 5.58. The summed E-state index contributed by atoms with van der Waals surface area (Å²) in [4.78, 5) is 27.5. The van der Waals surface area contributed by atoms with Crippen molar-refractivity contribution in [3.05, 3.63) is 77.0 Å². The molecule has 1 aliphatic carbocycles. The normalized spacial score (nSPS) is 13.4. The Morgan fingerprint density at radius 2 is 1.89 bits per heavy atom. The quantitative estimate of drug-likeness (QED) is 0.378. The van der Waals surface area contributed by atoms with Crippen LogP contribution in [0.5, 0.6) is 0 Å². The standard InChI is InChI=1S/C22H19F2N3O3.C4H9N/c1-2-12-8-18(3-4-19(12)14-5-15(11-28)21(25)26-10-14)27-22(30)20(29)13-6-16(23)9-17(24)7-13;1-5-4-2-3-4/h3-11,20,29H,2H2,1H3,(H2,25,26)(H,27,30);4-5H,2-3H2,1H3. The van der Waals surface area contributed by atoms with E-state index in [1.165, 1.54) is 12.8 Å². The smallest absolute Gasteiger partial charge is 0.257 e. The topological polar surface area (TPSA) is 117 Å². The average Bonchev–Trinajstić information content (AvgIpc) is 3.68.